The molecular formula is C18H22ClFN4O. The third-order valence-electron chi connectivity index (χ3n) is 3.41. The summed E-state index contributed by atoms with van der Waals surface area (Å²) in [6.45, 7) is 3.16. The topological polar surface area (TPSA) is 58.5 Å². The van der Waals surface area contributed by atoms with Crippen molar-refractivity contribution < 1.29 is 9.13 Å². The van der Waals surface area contributed by atoms with Crippen LogP contribution in [0, 0.1) is 5.82 Å². The molecule has 7 heteroatoms. The Morgan fingerprint density at radius 1 is 1.32 bits per heavy atom. The fourth-order valence-corrected chi connectivity index (χ4v) is 2.27. The van der Waals surface area contributed by atoms with E-state index in [-0.39, 0.29) is 11.9 Å². The number of guanidine groups is 1. The highest BCUT2D eigenvalue weighted by Crippen LogP contribution is 2.13. The van der Waals surface area contributed by atoms with E-state index >= 15 is 0 Å². The van der Waals surface area contributed by atoms with Crippen LogP contribution in [0.5, 0.6) is 5.75 Å². The molecule has 0 aliphatic heterocycles. The van der Waals surface area contributed by atoms with Gasteiger partial charge >= 0.3 is 0 Å². The maximum absolute atomic E-state index is 13.2. The number of benzene rings is 1. The van der Waals surface area contributed by atoms with Crippen molar-refractivity contribution in [1.29, 1.82) is 0 Å². The summed E-state index contributed by atoms with van der Waals surface area (Å²) >= 11 is 5.77. The lowest BCUT2D eigenvalue weighted by Gasteiger charge is -2.17. The van der Waals surface area contributed by atoms with E-state index in [0.29, 0.717) is 30.0 Å². The summed E-state index contributed by atoms with van der Waals surface area (Å²) < 4.78 is 18.8. The summed E-state index contributed by atoms with van der Waals surface area (Å²) in [5.41, 5.74) is 1.09. The first-order valence-electron chi connectivity index (χ1n) is 8.04. The Labute approximate surface area is 152 Å². The number of ether oxygens (including phenoxy) is 1. The van der Waals surface area contributed by atoms with Crippen molar-refractivity contribution >= 4 is 17.6 Å². The normalized spacial score (nSPS) is 12.6. The van der Waals surface area contributed by atoms with Crippen molar-refractivity contribution in [1.82, 2.24) is 15.6 Å². The van der Waals surface area contributed by atoms with Gasteiger partial charge in [0.1, 0.15) is 22.8 Å². The molecule has 0 spiro atoms. The third kappa shape index (κ3) is 6.97. The molecule has 0 bridgehead atoms. The van der Waals surface area contributed by atoms with Crippen molar-refractivity contribution in [3.05, 3.63) is 59.1 Å². The van der Waals surface area contributed by atoms with Gasteiger partial charge in [0, 0.05) is 25.9 Å². The summed E-state index contributed by atoms with van der Waals surface area (Å²) in [7, 11) is 1.71. The van der Waals surface area contributed by atoms with Gasteiger partial charge in [-0.1, -0.05) is 23.7 Å². The van der Waals surface area contributed by atoms with Gasteiger partial charge in [0.05, 0.1) is 6.54 Å². The Morgan fingerprint density at radius 3 is 2.84 bits per heavy atom. The fraction of sp³-hybridized carbons (Fsp3) is 0.333. The summed E-state index contributed by atoms with van der Waals surface area (Å²) in [5.74, 6) is 0.871. The molecule has 0 aliphatic carbocycles. The average Bonchev–Trinajstić information content (AvgIpc) is 2.59. The number of hydrogen-bond acceptors (Lipinski definition) is 3. The van der Waals surface area contributed by atoms with Gasteiger partial charge in [0.2, 0.25) is 0 Å². The van der Waals surface area contributed by atoms with Gasteiger partial charge in [-0.2, -0.15) is 0 Å². The van der Waals surface area contributed by atoms with E-state index in [1.54, 1.807) is 31.4 Å². The predicted molar refractivity (Wildman–Crippen MR) is 98.8 cm³/mol. The van der Waals surface area contributed by atoms with E-state index in [9.17, 15) is 4.39 Å². The first kappa shape index (κ1) is 19.0. The molecule has 0 amide bonds. The number of aromatic nitrogens is 1. The fourth-order valence-electron chi connectivity index (χ4n) is 2.15. The molecule has 1 aromatic carbocycles. The van der Waals surface area contributed by atoms with Crippen molar-refractivity contribution in [2.75, 3.05) is 20.1 Å². The molecule has 25 heavy (non-hydrogen) atoms. The van der Waals surface area contributed by atoms with E-state index in [1.165, 1.54) is 12.1 Å². The molecule has 0 fully saturated rings. The molecule has 1 atom stereocenters. The number of aliphatic imine (C=N–C) groups is 1. The first-order valence-corrected chi connectivity index (χ1v) is 8.42. The van der Waals surface area contributed by atoms with Crippen LogP contribution in [0.15, 0.2) is 47.6 Å². The summed E-state index contributed by atoms with van der Waals surface area (Å²) in [6.07, 6.45) is 2.43. The molecule has 1 unspecified atom stereocenters. The summed E-state index contributed by atoms with van der Waals surface area (Å²) in [6, 6.07) is 9.82. The minimum absolute atomic E-state index is 0.138. The monoisotopic (exact) mass is 364 g/mol. The van der Waals surface area contributed by atoms with Gasteiger partial charge in [-0.05, 0) is 37.1 Å². The lowest BCUT2D eigenvalue weighted by Crippen LogP contribution is -2.42. The number of pyridine rings is 1. The molecule has 5 nitrogen and oxygen atoms in total. The van der Waals surface area contributed by atoms with E-state index < -0.39 is 0 Å². The second kappa shape index (κ2) is 9.84. The second-order valence-corrected chi connectivity index (χ2v) is 5.89. The SMILES string of the molecule is CN=C(NCCc1ccc(Cl)nc1)NCC(C)Oc1cccc(F)c1. The molecular weight excluding hydrogens is 343 g/mol. The second-order valence-electron chi connectivity index (χ2n) is 5.50. The quantitative estimate of drug-likeness (QED) is 0.450. The van der Waals surface area contributed by atoms with E-state index in [2.05, 4.69) is 20.6 Å². The molecule has 2 rings (SSSR count). The lowest BCUT2D eigenvalue weighted by molar-refractivity contribution is 0.223. The number of rotatable bonds is 7. The lowest BCUT2D eigenvalue weighted by atomic mass is 10.2. The van der Waals surface area contributed by atoms with Gasteiger partial charge in [-0.3, -0.25) is 4.99 Å². The molecule has 0 aliphatic rings. The first-order chi connectivity index (χ1) is 12.1. The highest BCUT2D eigenvalue weighted by atomic mass is 35.5. The van der Waals surface area contributed by atoms with Crippen molar-refractivity contribution in [2.45, 2.75) is 19.4 Å². The minimum atomic E-state index is -0.313. The van der Waals surface area contributed by atoms with Gasteiger partial charge in [0.25, 0.3) is 0 Å². The van der Waals surface area contributed by atoms with Crippen molar-refractivity contribution in [3.63, 3.8) is 0 Å². The number of hydrogen-bond donors (Lipinski definition) is 2. The Morgan fingerprint density at radius 2 is 2.16 bits per heavy atom. The molecule has 2 aromatic rings. The molecule has 2 N–H and O–H groups in total. The Kier molecular flexibility index (Phi) is 7.47. The van der Waals surface area contributed by atoms with E-state index in [1.807, 2.05) is 13.0 Å². The zero-order valence-corrected chi connectivity index (χ0v) is 15.1. The minimum Gasteiger partial charge on any atom is -0.489 e. The van der Waals surface area contributed by atoms with Crippen molar-refractivity contribution in [3.8, 4) is 5.75 Å². The van der Waals surface area contributed by atoms with Gasteiger partial charge in [-0.25, -0.2) is 9.37 Å². The zero-order valence-electron chi connectivity index (χ0n) is 14.3. The Balaban J connectivity index is 1.71. The molecule has 1 heterocycles. The van der Waals surface area contributed by atoms with Crippen molar-refractivity contribution in [2.24, 2.45) is 4.99 Å². The summed E-state index contributed by atoms with van der Waals surface area (Å²) in [5, 5.41) is 6.89. The van der Waals surface area contributed by atoms with Gasteiger partial charge in [-0.15, -0.1) is 0 Å². The van der Waals surface area contributed by atoms with Gasteiger partial charge in [0.15, 0.2) is 5.96 Å². The van der Waals surface area contributed by atoms with Crippen LogP contribution in [0.1, 0.15) is 12.5 Å². The molecule has 0 saturated heterocycles. The van der Waals surface area contributed by atoms with Crippen LogP contribution in [0.4, 0.5) is 4.39 Å². The predicted octanol–water partition coefficient (Wildman–Crippen LogP) is 3.05. The number of nitrogens with zero attached hydrogens (tertiary/aromatic N) is 2. The van der Waals surface area contributed by atoms with E-state index in [4.69, 9.17) is 16.3 Å². The van der Waals surface area contributed by atoms with Crippen LogP contribution in [0.2, 0.25) is 5.15 Å². The smallest absolute Gasteiger partial charge is 0.191 e. The highest BCUT2D eigenvalue weighted by Gasteiger charge is 2.06. The van der Waals surface area contributed by atoms with E-state index in [0.717, 1.165) is 12.0 Å². The maximum atomic E-state index is 13.2. The third-order valence-corrected chi connectivity index (χ3v) is 3.63. The Hall–Kier alpha value is -2.34. The number of halogens is 2. The highest BCUT2D eigenvalue weighted by molar-refractivity contribution is 6.29. The summed E-state index contributed by atoms with van der Waals surface area (Å²) in [4.78, 5) is 8.22. The molecule has 0 saturated carbocycles. The van der Waals surface area contributed by atoms with Crippen LogP contribution in [-0.2, 0) is 6.42 Å². The standard InChI is InChI=1S/C18H22ClFN4O/c1-13(25-16-5-3-4-15(20)10-16)11-24-18(21-2)22-9-8-14-6-7-17(19)23-12-14/h3-7,10,12-13H,8-9,11H2,1-2H3,(H2,21,22,24). The zero-order chi connectivity index (χ0) is 18.1. The molecule has 0 radical (unpaired) electrons. The van der Waals surface area contributed by atoms with Crippen LogP contribution in [0.3, 0.4) is 0 Å². The Bertz CT molecular complexity index is 694. The van der Waals surface area contributed by atoms with Gasteiger partial charge < -0.3 is 15.4 Å². The van der Waals surface area contributed by atoms with Crippen LogP contribution >= 0.6 is 11.6 Å². The van der Waals surface area contributed by atoms with Crippen LogP contribution < -0.4 is 15.4 Å². The molecule has 134 valence electrons. The average molecular weight is 365 g/mol. The molecule has 1 aromatic heterocycles. The number of nitrogens with one attached hydrogen (secondary N) is 2. The van der Waals surface area contributed by atoms with Crippen LogP contribution in [-0.4, -0.2) is 37.2 Å². The maximum Gasteiger partial charge on any atom is 0.191 e. The van der Waals surface area contributed by atoms with Crippen LogP contribution in [0.25, 0.3) is 0 Å². The largest absolute Gasteiger partial charge is 0.489 e.